The predicted molar refractivity (Wildman–Crippen MR) is 112 cm³/mol. The second kappa shape index (κ2) is 6.44. The topological polar surface area (TPSA) is 24.9 Å². The molecule has 3 saturated carbocycles. The second-order valence-corrected chi connectivity index (χ2v) is 10.5. The molecule has 0 aromatic carbocycles. The van der Waals surface area contributed by atoms with Crippen molar-refractivity contribution in [3.05, 3.63) is 36.2 Å². The first-order valence-corrected chi connectivity index (χ1v) is 11.3. The van der Waals surface area contributed by atoms with Gasteiger partial charge < -0.3 is 5.32 Å². The quantitative estimate of drug-likeness (QED) is 0.727. The molecule has 5 rings (SSSR count). The Morgan fingerprint density at radius 3 is 2.74 bits per heavy atom. The Labute approximate surface area is 165 Å². The van der Waals surface area contributed by atoms with E-state index < -0.39 is 0 Å². The molecule has 4 aliphatic rings. The van der Waals surface area contributed by atoms with E-state index in [1.54, 1.807) is 5.57 Å². The summed E-state index contributed by atoms with van der Waals surface area (Å²) in [7, 11) is 2.16. The number of nitrogens with one attached hydrogen (secondary N) is 1. The van der Waals surface area contributed by atoms with Crippen molar-refractivity contribution in [2.45, 2.75) is 71.3 Å². The summed E-state index contributed by atoms with van der Waals surface area (Å²) in [4.78, 5) is 4.41. The van der Waals surface area contributed by atoms with Gasteiger partial charge in [0.25, 0.3) is 0 Å². The lowest BCUT2D eigenvalue weighted by atomic mass is 9.44. The first-order valence-electron chi connectivity index (χ1n) is 11.3. The molecule has 1 aromatic heterocycles. The van der Waals surface area contributed by atoms with Gasteiger partial charge in [0.2, 0.25) is 0 Å². The molecule has 0 aliphatic heterocycles. The maximum absolute atomic E-state index is 4.41. The van der Waals surface area contributed by atoms with Crippen molar-refractivity contribution >= 4 is 5.57 Å². The number of hydrogen-bond acceptors (Lipinski definition) is 2. The van der Waals surface area contributed by atoms with Crippen LogP contribution in [-0.2, 0) is 0 Å². The molecule has 1 heterocycles. The molecule has 146 valence electrons. The van der Waals surface area contributed by atoms with Gasteiger partial charge >= 0.3 is 0 Å². The minimum Gasteiger partial charge on any atom is -0.317 e. The summed E-state index contributed by atoms with van der Waals surface area (Å²) in [6.45, 7) is 5.25. The number of fused-ring (bicyclic) bond motifs is 5. The third-order valence-corrected chi connectivity index (χ3v) is 9.63. The largest absolute Gasteiger partial charge is 0.317 e. The number of allylic oxidation sites excluding steroid dienone is 2. The van der Waals surface area contributed by atoms with E-state index in [-0.39, 0.29) is 0 Å². The minimum absolute atomic E-state index is 0.371. The molecule has 4 aliphatic carbocycles. The molecule has 27 heavy (non-hydrogen) atoms. The highest BCUT2D eigenvalue weighted by Gasteiger charge is 2.58. The third-order valence-electron chi connectivity index (χ3n) is 9.63. The third kappa shape index (κ3) is 2.58. The second-order valence-electron chi connectivity index (χ2n) is 10.5. The van der Waals surface area contributed by atoms with Crippen molar-refractivity contribution in [1.29, 1.82) is 0 Å². The zero-order chi connectivity index (χ0) is 18.6. The number of rotatable bonds is 2. The van der Waals surface area contributed by atoms with Crippen LogP contribution in [0.4, 0.5) is 0 Å². The van der Waals surface area contributed by atoms with E-state index in [0.717, 1.165) is 29.7 Å². The summed E-state index contributed by atoms with van der Waals surface area (Å²) in [6.07, 6.45) is 17.8. The summed E-state index contributed by atoms with van der Waals surface area (Å²) in [5.74, 6) is 3.68. The maximum atomic E-state index is 4.41. The summed E-state index contributed by atoms with van der Waals surface area (Å²) < 4.78 is 0. The zero-order valence-corrected chi connectivity index (χ0v) is 17.4. The van der Waals surface area contributed by atoms with Crippen molar-refractivity contribution in [2.24, 2.45) is 34.5 Å². The van der Waals surface area contributed by atoms with Crippen molar-refractivity contribution in [3.63, 3.8) is 0 Å². The molecule has 0 saturated heterocycles. The average Bonchev–Trinajstić information content (AvgIpc) is 3.05. The molecule has 1 N–H and O–H groups in total. The molecule has 0 bridgehead atoms. The number of aromatic nitrogens is 1. The van der Waals surface area contributed by atoms with Crippen LogP contribution in [0.15, 0.2) is 30.6 Å². The summed E-state index contributed by atoms with van der Waals surface area (Å²) in [6, 6.07) is 5.14. The van der Waals surface area contributed by atoms with Gasteiger partial charge in [0.15, 0.2) is 0 Å². The highest BCUT2D eigenvalue weighted by molar-refractivity contribution is 5.72. The molecular formula is C25H36N2. The van der Waals surface area contributed by atoms with Crippen LogP contribution in [0.1, 0.15) is 70.8 Å². The van der Waals surface area contributed by atoms with Crippen LogP contribution >= 0.6 is 0 Å². The van der Waals surface area contributed by atoms with Gasteiger partial charge in [-0.15, -0.1) is 0 Å². The highest BCUT2D eigenvalue weighted by Crippen LogP contribution is 2.67. The standard InChI is InChI=1S/C25H36N2/c1-24-12-10-19(26-3)15-18(24)6-7-20-22-9-8-21(17-5-4-14-27-16-17)25(22,2)13-11-23(20)24/h4-5,8,14,16,18-20,22-23,26H,6-7,9-13,15H2,1-3H3. The van der Waals surface area contributed by atoms with Gasteiger partial charge in [-0.1, -0.05) is 26.0 Å². The lowest BCUT2D eigenvalue weighted by Crippen LogP contribution is -2.54. The van der Waals surface area contributed by atoms with E-state index in [1.165, 1.54) is 56.9 Å². The highest BCUT2D eigenvalue weighted by atomic mass is 14.9. The molecule has 7 unspecified atom stereocenters. The van der Waals surface area contributed by atoms with Gasteiger partial charge in [-0.25, -0.2) is 0 Å². The van der Waals surface area contributed by atoms with Crippen LogP contribution in [0.3, 0.4) is 0 Å². The Hall–Kier alpha value is -1.15. The van der Waals surface area contributed by atoms with Crippen LogP contribution in [-0.4, -0.2) is 18.1 Å². The minimum atomic E-state index is 0.371. The number of pyridine rings is 1. The maximum Gasteiger partial charge on any atom is 0.0343 e. The fourth-order valence-corrected chi connectivity index (χ4v) is 8.06. The molecule has 0 radical (unpaired) electrons. The SMILES string of the molecule is CNC1CCC2(C)C(CCC3C4CC=C(c5cccnc5)C4(C)CCC32)C1. The van der Waals surface area contributed by atoms with Gasteiger partial charge in [-0.05, 0) is 110 Å². The van der Waals surface area contributed by atoms with Gasteiger partial charge in [-0.2, -0.15) is 0 Å². The fourth-order valence-electron chi connectivity index (χ4n) is 8.06. The van der Waals surface area contributed by atoms with E-state index >= 15 is 0 Å². The van der Waals surface area contributed by atoms with Crippen molar-refractivity contribution in [3.8, 4) is 0 Å². The molecule has 7 atom stereocenters. The smallest absolute Gasteiger partial charge is 0.0343 e. The van der Waals surface area contributed by atoms with E-state index in [4.69, 9.17) is 0 Å². The van der Waals surface area contributed by atoms with Gasteiger partial charge in [0, 0.05) is 18.4 Å². The Morgan fingerprint density at radius 2 is 1.96 bits per heavy atom. The van der Waals surface area contributed by atoms with Crippen molar-refractivity contribution in [1.82, 2.24) is 10.3 Å². The van der Waals surface area contributed by atoms with Gasteiger partial charge in [0.1, 0.15) is 0 Å². The summed E-state index contributed by atoms with van der Waals surface area (Å²) in [5.41, 5.74) is 3.94. The predicted octanol–water partition coefficient (Wildman–Crippen LogP) is 5.71. The Morgan fingerprint density at radius 1 is 1.07 bits per heavy atom. The van der Waals surface area contributed by atoms with E-state index in [0.29, 0.717) is 10.8 Å². The summed E-state index contributed by atoms with van der Waals surface area (Å²) in [5, 5.41) is 3.58. The first kappa shape index (κ1) is 17.9. The van der Waals surface area contributed by atoms with Crippen LogP contribution in [0.25, 0.3) is 5.57 Å². The molecule has 0 amide bonds. The fraction of sp³-hybridized carbons (Fsp3) is 0.720. The molecule has 2 nitrogen and oxygen atoms in total. The molecule has 3 fully saturated rings. The molecule has 2 heteroatoms. The Balaban J connectivity index is 1.42. The van der Waals surface area contributed by atoms with Gasteiger partial charge in [-0.3, -0.25) is 4.98 Å². The zero-order valence-electron chi connectivity index (χ0n) is 17.4. The number of nitrogens with zero attached hydrogens (tertiary/aromatic N) is 1. The van der Waals surface area contributed by atoms with Crippen molar-refractivity contribution < 1.29 is 0 Å². The molecule has 1 aromatic rings. The van der Waals surface area contributed by atoms with E-state index in [9.17, 15) is 0 Å². The average molecular weight is 365 g/mol. The Bertz CT molecular complexity index is 725. The van der Waals surface area contributed by atoms with Gasteiger partial charge in [0.05, 0.1) is 0 Å². The molecule has 0 spiro atoms. The van der Waals surface area contributed by atoms with Crippen LogP contribution in [0, 0.1) is 34.5 Å². The van der Waals surface area contributed by atoms with Crippen LogP contribution in [0.2, 0.25) is 0 Å². The lowest BCUT2D eigenvalue weighted by molar-refractivity contribution is -0.0996. The summed E-state index contributed by atoms with van der Waals surface area (Å²) >= 11 is 0. The Kier molecular flexibility index (Phi) is 4.27. The van der Waals surface area contributed by atoms with E-state index in [2.05, 4.69) is 55.6 Å². The van der Waals surface area contributed by atoms with Crippen LogP contribution < -0.4 is 5.32 Å². The molecular weight excluding hydrogens is 328 g/mol. The monoisotopic (exact) mass is 364 g/mol. The normalized spacial score (nSPS) is 46.2. The lowest BCUT2D eigenvalue weighted by Gasteiger charge is -2.61. The van der Waals surface area contributed by atoms with E-state index in [1.807, 2.05) is 6.20 Å². The van der Waals surface area contributed by atoms with Crippen molar-refractivity contribution in [2.75, 3.05) is 7.05 Å². The first-order chi connectivity index (χ1) is 13.1. The van der Waals surface area contributed by atoms with Crippen LogP contribution in [0.5, 0.6) is 0 Å². The number of hydrogen-bond donors (Lipinski definition) is 1.